The summed E-state index contributed by atoms with van der Waals surface area (Å²) in [6.45, 7) is 6.00. The van der Waals surface area contributed by atoms with Crippen LogP contribution in [0.15, 0.2) is 42.5 Å². The summed E-state index contributed by atoms with van der Waals surface area (Å²) in [5.74, 6) is -1.30. The molecule has 2 atom stereocenters. The molecule has 2 aromatic carbocycles. The number of ether oxygens (including phenoxy) is 2. The first-order valence-electron chi connectivity index (χ1n) is 11.6. The standard InChI is InChI=1S/C26H28N2O6/c1-4-33-20-11-9-19(10-12-20)28-24(30)21-13-8-18(14-22(21)25(28)31)26(32)34-15-23(29)27-16(2)6-5-7-17(27)3/h8-14,16-17H,4-7,15H2,1-3H3/t16-,17-/m1/s1. The maximum atomic E-state index is 13.0. The number of amides is 3. The molecule has 2 heterocycles. The maximum Gasteiger partial charge on any atom is 0.338 e. The number of esters is 1. The highest BCUT2D eigenvalue weighted by atomic mass is 16.5. The molecule has 3 amide bonds. The van der Waals surface area contributed by atoms with E-state index in [4.69, 9.17) is 9.47 Å². The van der Waals surface area contributed by atoms with Crippen molar-refractivity contribution < 1.29 is 28.7 Å². The first-order chi connectivity index (χ1) is 16.3. The molecule has 1 saturated heterocycles. The average Bonchev–Trinajstić information content (AvgIpc) is 3.07. The molecule has 8 heteroatoms. The average molecular weight is 465 g/mol. The highest BCUT2D eigenvalue weighted by Gasteiger charge is 2.37. The van der Waals surface area contributed by atoms with Crippen molar-refractivity contribution in [3.05, 3.63) is 59.2 Å². The van der Waals surface area contributed by atoms with E-state index in [9.17, 15) is 19.2 Å². The Bertz CT molecular complexity index is 1120. The fourth-order valence-corrected chi connectivity index (χ4v) is 4.66. The minimum Gasteiger partial charge on any atom is -0.494 e. The Labute approximate surface area is 198 Å². The number of carbonyl (C=O) groups is 4. The Morgan fingerprint density at radius 1 is 0.941 bits per heavy atom. The van der Waals surface area contributed by atoms with Gasteiger partial charge in [0.05, 0.1) is 29.0 Å². The maximum absolute atomic E-state index is 13.0. The molecule has 0 spiro atoms. The van der Waals surface area contributed by atoms with Gasteiger partial charge in [-0.3, -0.25) is 14.4 Å². The van der Waals surface area contributed by atoms with E-state index in [2.05, 4.69) is 0 Å². The minimum atomic E-state index is -0.715. The molecule has 0 unspecified atom stereocenters. The van der Waals surface area contributed by atoms with Crippen molar-refractivity contribution in [3.63, 3.8) is 0 Å². The number of likely N-dealkylation sites (tertiary alicyclic amines) is 1. The smallest absolute Gasteiger partial charge is 0.338 e. The summed E-state index contributed by atoms with van der Waals surface area (Å²) < 4.78 is 10.7. The van der Waals surface area contributed by atoms with E-state index in [0.717, 1.165) is 24.2 Å². The largest absolute Gasteiger partial charge is 0.494 e. The molecule has 178 valence electrons. The lowest BCUT2D eigenvalue weighted by Gasteiger charge is -2.38. The van der Waals surface area contributed by atoms with Crippen LogP contribution in [0.1, 0.15) is 71.1 Å². The molecule has 0 N–H and O–H groups in total. The number of benzene rings is 2. The predicted octanol–water partition coefficient (Wildman–Crippen LogP) is 3.83. The molecule has 2 aliphatic heterocycles. The summed E-state index contributed by atoms with van der Waals surface area (Å²) in [5.41, 5.74) is 0.857. The van der Waals surface area contributed by atoms with Gasteiger partial charge in [0, 0.05) is 12.1 Å². The van der Waals surface area contributed by atoms with Crippen LogP contribution in [0.5, 0.6) is 5.75 Å². The topological polar surface area (TPSA) is 93.2 Å². The van der Waals surface area contributed by atoms with Crippen LogP contribution in [-0.2, 0) is 9.53 Å². The fourth-order valence-electron chi connectivity index (χ4n) is 4.66. The van der Waals surface area contributed by atoms with Crippen molar-refractivity contribution in [2.45, 2.75) is 52.1 Å². The van der Waals surface area contributed by atoms with E-state index in [1.54, 1.807) is 29.2 Å². The van der Waals surface area contributed by atoms with Gasteiger partial charge in [0.15, 0.2) is 6.61 Å². The Hall–Kier alpha value is -3.68. The van der Waals surface area contributed by atoms with Gasteiger partial charge in [0.25, 0.3) is 17.7 Å². The van der Waals surface area contributed by atoms with Gasteiger partial charge in [-0.15, -0.1) is 0 Å². The van der Waals surface area contributed by atoms with Crippen molar-refractivity contribution in [1.82, 2.24) is 4.90 Å². The quantitative estimate of drug-likeness (QED) is 0.477. The number of anilines is 1. The number of hydrogen-bond donors (Lipinski definition) is 0. The molecular weight excluding hydrogens is 436 g/mol. The Kier molecular flexibility index (Phi) is 6.68. The second-order valence-electron chi connectivity index (χ2n) is 8.64. The summed E-state index contributed by atoms with van der Waals surface area (Å²) in [6, 6.07) is 11.1. The molecule has 2 aromatic rings. The first-order valence-corrected chi connectivity index (χ1v) is 11.6. The molecule has 2 aliphatic rings. The van der Waals surface area contributed by atoms with Crippen LogP contribution in [-0.4, -0.2) is 53.9 Å². The van der Waals surface area contributed by atoms with Gasteiger partial charge in [0.2, 0.25) is 0 Å². The number of nitrogens with zero attached hydrogens (tertiary/aromatic N) is 2. The normalized spacial score (nSPS) is 19.7. The summed E-state index contributed by atoms with van der Waals surface area (Å²) in [7, 11) is 0. The van der Waals surface area contributed by atoms with Crippen molar-refractivity contribution in [3.8, 4) is 5.75 Å². The Morgan fingerprint density at radius 2 is 1.59 bits per heavy atom. The van der Waals surface area contributed by atoms with Gasteiger partial charge < -0.3 is 14.4 Å². The van der Waals surface area contributed by atoms with Crippen LogP contribution < -0.4 is 9.64 Å². The summed E-state index contributed by atoms with van der Waals surface area (Å²) >= 11 is 0. The minimum absolute atomic E-state index is 0.104. The van der Waals surface area contributed by atoms with Crippen molar-refractivity contribution in [1.29, 1.82) is 0 Å². The van der Waals surface area contributed by atoms with Crippen molar-refractivity contribution >= 4 is 29.4 Å². The van der Waals surface area contributed by atoms with E-state index in [-0.39, 0.29) is 41.3 Å². The van der Waals surface area contributed by atoms with E-state index in [1.807, 2.05) is 20.8 Å². The molecule has 0 radical (unpaired) electrons. The molecular formula is C26H28N2O6. The van der Waals surface area contributed by atoms with E-state index < -0.39 is 17.8 Å². The third-order valence-corrected chi connectivity index (χ3v) is 6.34. The zero-order valence-corrected chi connectivity index (χ0v) is 19.6. The second-order valence-corrected chi connectivity index (χ2v) is 8.64. The lowest BCUT2D eigenvalue weighted by molar-refractivity contribution is -0.140. The molecule has 0 saturated carbocycles. The van der Waals surface area contributed by atoms with Crippen LogP contribution in [0.25, 0.3) is 0 Å². The lowest BCUT2D eigenvalue weighted by atomic mass is 9.97. The van der Waals surface area contributed by atoms with E-state index >= 15 is 0 Å². The first kappa shape index (κ1) is 23.5. The summed E-state index contributed by atoms with van der Waals surface area (Å²) in [4.78, 5) is 54.0. The molecule has 0 bridgehead atoms. The lowest BCUT2D eigenvalue weighted by Crippen LogP contribution is -2.49. The third kappa shape index (κ3) is 4.40. The molecule has 1 fully saturated rings. The fraction of sp³-hybridized carbons (Fsp3) is 0.385. The van der Waals surface area contributed by atoms with Crippen molar-refractivity contribution in [2.24, 2.45) is 0 Å². The number of carbonyl (C=O) groups excluding carboxylic acids is 4. The SMILES string of the molecule is CCOc1ccc(N2C(=O)c3ccc(C(=O)OCC(=O)N4[C@H](C)CCC[C@H]4C)cc3C2=O)cc1. The molecule has 4 rings (SSSR count). The molecule has 8 nitrogen and oxygen atoms in total. The predicted molar refractivity (Wildman–Crippen MR) is 125 cm³/mol. The van der Waals surface area contributed by atoms with Crippen LogP contribution in [0.2, 0.25) is 0 Å². The Balaban J connectivity index is 1.46. The third-order valence-electron chi connectivity index (χ3n) is 6.34. The zero-order valence-electron chi connectivity index (χ0n) is 19.6. The van der Waals surface area contributed by atoms with Crippen LogP contribution in [0.3, 0.4) is 0 Å². The summed E-state index contributed by atoms with van der Waals surface area (Å²) in [6.07, 6.45) is 2.92. The number of fused-ring (bicyclic) bond motifs is 1. The molecule has 34 heavy (non-hydrogen) atoms. The molecule has 0 aromatic heterocycles. The van der Waals surface area contributed by atoms with Crippen LogP contribution >= 0.6 is 0 Å². The van der Waals surface area contributed by atoms with Gasteiger partial charge in [0.1, 0.15) is 5.75 Å². The zero-order chi connectivity index (χ0) is 24.4. The highest BCUT2D eigenvalue weighted by Crippen LogP contribution is 2.30. The van der Waals surface area contributed by atoms with Gasteiger partial charge in [-0.2, -0.15) is 0 Å². The Morgan fingerprint density at radius 3 is 2.24 bits per heavy atom. The monoisotopic (exact) mass is 464 g/mol. The molecule has 0 aliphatic carbocycles. The number of imide groups is 1. The number of rotatable bonds is 6. The van der Waals surface area contributed by atoms with Gasteiger partial charge >= 0.3 is 5.97 Å². The van der Waals surface area contributed by atoms with E-state index in [0.29, 0.717) is 18.0 Å². The van der Waals surface area contributed by atoms with Gasteiger partial charge in [-0.1, -0.05) is 0 Å². The number of piperidine rings is 1. The summed E-state index contributed by atoms with van der Waals surface area (Å²) in [5, 5.41) is 0. The van der Waals surface area contributed by atoms with Crippen molar-refractivity contribution in [2.75, 3.05) is 18.1 Å². The number of hydrogen-bond acceptors (Lipinski definition) is 6. The van der Waals surface area contributed by atoms with Gasteiger partial charge in [-0.05, 0) is 82.5 Å². The van der Waals surface area contributed by atoms with Crippen LogP contribution in [0, 0.1) is 0 Å². The highest BCUT2D eigenvalue weighted by molar-refractivity contribution is 6.34. The second kappa shape index (κ2) is 9.67. The van der Waals surface area contributed by atoms with Crippen LogP contribution in [0.4, 0.5) is 5.69 Å². The van der Waals surface area contributed by atoms with E-state index in [1.165, 1.54) is 18.2 Å². The van der Waals surface area contributed by atoms with Gasteiger partial charge in [-0.25, -0.2) is 9.69 Å².